The fourth-order valence-corrected chi connectivity index (χ4v) is 2.88. The number of hydrogen-bond donors (Lipinski definition) is 1. The molecule has 0 amide bonds. The maximum absolute atomic E-state index is 11.0. The highest BCUT2D eigenvalue weighted by atomic mass is 32.2. The molecule has 1 fully saturated rings. The van der Waals surface area contributed by atoms with Gasteiger partial charge in [-0.25, -0.2) is 8.42 Å². The predicted molar refractivity (Wildman–Crippen MR) is 59.1 cm³/mol. The Morgan fingerprint density at radius 1 is 1.21 bits per heavy atom. The number of nitrogens with one attached hydrogen (secondary N) is 1. The van der Waals surface area contributed by atoms with Crippen molar-refractivity contribution in [1.82, 2.24) is 5.32 Å². The van der Waals surface area contributed by atoms with Gasteiger partial charge in [-0.05, 0) is 45.1 Å². The molecule has 1 saturated carbocycles. The first-order valence-corrected chi connectivity index (χ1v) is 7.42. The molecule has 0 radical (unpaired) electrons. The standard InChI is InChI=1S/C10H21NO2S/c1-11-10-5-3-9(4-6-10)7-8-14(2,12)13/h9-11H,3-8H2,1-2H3/t9-,10-. The molecule has 4 heteroatoms. The molecule has 0 spiro atoms. The van der Waals surface area contributed by atoms with Crippen LogP contribution in [0.25, 0.3) is 0 Å². The Morgan fingerprint density at radius 3 is 2.21 bits per heavy atom. The molecule has 0 aromatic rings. The monoisotopic (exact) mass is 219 g/mol. The summed E-state index contributed by atoms with van der Waals surface area (Å²) in [5.41, 5.74) is 0. The molecule has 0 unspecified atom stereocenters. The van der Waals surface area contributed by atoms with Crippen LogP contribution in [0.2, 0.25) is 0 Å². The first kappa shape index (κ1) is 12.0. The maximum atomic E-state index is 11.0. The predicted octanol–water partition coefficient (Wildman–Crippen LogP) is 1.20. The van der Waals surface area contributed by atoms with Crippen LogP contribution in [0, 0.1) is 5.92 Å². The fraction of sp³-hybridized carbons (Fsp3) is 1.00. The van der Waals surface area contributed by atoms with Crippen LogP contribution in [0.1, 0.15) is 32.1 Å². The zero-order valence-electron chi connectivity index (χ0n) is 9.12. The quantitative estimate of drug-likeness (QED) is 0.773. The lowest BCUT2D eigenvalue weighted by Crippen LogP contribution is -2.30. The van der Waals surface area contributed by atoms with Crippen LogP contribution in [0.5, 0.6) is 0 Å². The van der Waals surface area contributed by atoms with E-state index in [2.05, 4.69) is 5.32 Å². The molecule has 0 heterocycles. The molecule has 0 bridgehead atoms. The van der Waals surface area contributed by atoms with Gasteiger partial charge in [0, 0.05) is 12.3 Å². The van der Waals surface area contributed by atoms with Gasteiger partial charge in [0.15, 0.2) is 0 Å². The normalized spacial score (nSPS) is 29.0. The molecule has 0 atom stereocenters. The second-order valence-electron chi connectivity index (χ2n) is 4.42. The molecule has 1 aliphatic rings. The summed E-state index contributed by atoms with van der Waals surface area (Å²) in [5, 5.41) is 3.28. The van der Waals surface area contributed by atoms with E-state index in [1.165, 1.54) is 31.9 Å². The van der Waals surface area contributed by atoms with Crippen molar-refractivity contribution in [1.29, 1.82) is 0 Å². The van der Waals surface area contributed by atoms with Gasteiger partial charge < -0.3 is 5.32 Å². The summed E-state index contributed by atoms with van der Waals surface area (Å²) < 4.78 is 22.0. The van der Waals surface area contributed by atoms with Crippen LogP contribution in [0.3, 0.4) is 0 Å². The van der Waals surface area contributed by atoms with Crippen LogP contribution in [0.15, 0.2) is 0 Å². The second kappa shape index (κ2) is 5.12. The highest BCUT2D eigenvalue weighted by Crippen LogP contribution is 2.26. The van der Waals surface area contributed by atoms with E-state index in [0.29, 0.717) is 17.7 Å². The average molecular weight is 219 g/mol. The molecule has 1 rings (SSSR count). The second-order valence-corrected chi connectivity index (χ2v) is 6.68. The summed E-state index contributed by atoms with van der Waals surface area (Å²) in [6.45, 7) is 0. The van der Waals surface area contributed by atoms with Gasteiger partial charge in [0.2, 0.25) is 0 Å². The molecule has 14 heavy (non-hydrogen) atoms. The van der Waals surface area contributed by atoms with Gasteiger partial charge in [-0.2, -0.15) is 0 Å². The zero-order valence-corrected chi connectivity index (χ0v) is 9.94. The van der Waals surface area contributed by atoms with Gasteiger partial charge in [0.1, 0.15) is 9.84 Å². The Morgan fingerprint density at radius 2 is 1.79 bits per heavy atom. The summed E-state index contributed by atoms with van der Waals surface area (Å²) in [7, 11) is -0.757. The molecule has 1 aliphatic carbocycles. The molecule has 0 aliphatic heterocycles. The lowest BCUT2D eigenvalue weighted by molar-refractivity contribution is 0.296. The van der Waals surface area contributed by atoms with E-state index in [1.54, 1.807) is 0 Å². The number of hydrogen-bond acceptors (Lipinski definition) is 3. The third kappa shape index (κ3) is 4.42. The Balaban J connectivity index is 2.23. The van der Waals surface area contributed by atoms with Crippen LogP contribution >= 0.6 is 0 Å². The van der Waals surface area contributed by atoms with E-state index < -0.39 is 9.84 Å². The van der Waals surface area contributed by atoms with Crippen LogP contribution in [0.4, 0.5) is 0 Å². The summed E-state index contributed by atoms with van der Waals surface area (Å²) in [6.07, 6.45) is 6.94. The lowest BCUT2D eigenvalue weighted by atomic mass is 9.85. The highest BCUT2D eigenvalue weighted by molar-refractivity contribution is 7.90. The summed E-state index contributed by atoms with van der Waals surface area (Å²) in [4.78, 5) is 0. The number of sulfone groups is 1. The van der Waals surface area contributed by atoms with Crippen molar-refractivity contribution in [2.75, 3.05) is 19.1 Å². The van der Waals surface area contributed by atoms with Crippen molar-refractivity contribution >= 4 is 9.84 Å². The number of rotatable bonds is 4. The summed E-state index contributed by atoms with van der Waals surface area (Å²) in [5.74, 6) is 0.997. The van der Waals surface area contributed by atoms with Gasteiger partial charge >= 0.3 is 0 Å². The smallest absolute Gasteiger partial charge is 0.147 e. The Hall–Kier alpha value is -0.0900. The molecule has 1 N–H and O–H groups in total. The van der Waals surface area contributed by atoms with Crippen LogP contribution < -0.4 is 5.32 Å². The van der Waals surface area contributed by atoms with Crippen molar-refractivity contribution in [2.45, 2.75) is 38.1 Å². The van der Waals surface area contributed by atoms with E-state index >= 15 is 0 Å². The van der Waals surface area contributed by atoms with Crippen molar-refractivity contribution in [3.8, 4) is 0 Å². The van der Waals surface area contributed by atoms with E-state index in [-0.39, 0.29) is 0 Å². The van der Waals surface area contributed by atoms with Crippen molar-refractivity contribution in [3.63, 3.8) is 0 Å². The Bertz CT molecular complexity index is 253. The molecule has 0 aromatic carbocycles. The lowest BCUT2D eigenvalue weighted by Gasteiger charge is -2.27. The molecular formula is C10H21NO2S. The topological polar surface area (TPSA) is 46.2 Å². The van der Waals surface area contributed by atoms with E-state index in [1.807, 2.05) is 7.05 Å². The minimum atomic E-state index is -2.76. The Kier molecular flexibility index (Phi) is 4.38. The van der Waals surface area contributed by atoms with Crippen LogP contribution in [-0.4, -0.2) is 33.5 Å². The van der Waals surface area contributed by atoms with Crippen molar-refractivity contribution < 1.29 is 8.42 Å². The molecule has 0 saturated heterocycles. The van der Waals surface area contributed by atoms with Gasteiger partial charge in [0.25, 0.3) is 0 Å². The summed E-state index contributed by atoms with van der Waals surface area (Å²) >= 11 is 0. The van der Waals surface area contributed by atoms with Crippen molar-refractivity contribution in [2.24, 2.45) is 5.92 Å². The van der Waals surface area contributed by atoms with E-state index in [9.17, 15) is 8.42 Å². The third-order valence-electron chi connectivity index (χ3n) is 3.15. The fourth-order valence-electron chi connectivity index (χ4n) is 2.12. The van der Waals surface area contributed by atoms with Gasteiger partial charge in [-0.1, -0.05) is 0 Å². The van der Waals surface area contributed by atoms with E-state index in [4.69, 9.17) is 0 Å². The van der Waals surface area contributed by atoms with Gasteiger partial charge in [-0.15, -0.1) is 0 Å². The van der Waals surface area contributed by atoms with Crippen molar-refractivity contribution in [3.05, 3.63) is 0 Å². The molecule has 0 aromatic heterocycles. The molecule has 84 valence electrons. The average Bonchev–Trinajstić information content (AvgIpc) is 2.14. The van der Waals surface area contributed by atoms with Gasteiger partial charge in [-0.3, -0.25) is 0 Å². The zero-order chi connectivity index (χ0) is 10.6. The Labute approximate surface area is 87.2 Å². The minimum Gasteiger partial charge on any atom is -0.317 e. The third-order valence-corrected chi connectivity index (χ3v) is 4.13. The maximum Gasteiger partial charge on any atom is 0.147 e. The molecular weight excluding hydrogens is 198 g/mol. The summed E-state index contributed by atoms with van der Waals surface area (Å²) in [6, 6.07) is 0.657. The highest BCUT2D eigenvalue weighted by Gasteiger charge is 2.20. The minimum absolute atomic E-state index is 0.363. The largest absolute Gasteiger partial charge is 0.317 e. The van der Waals surface area contributed by atoms with E-state index in [0.717, 1.165) is 6.42 Å². The van der Waals surface area contributed by atoms with Gasteiger partial charge in [0.05, 0.1) is 5.75 Å². The SMILES string of the molecule is CN[C@H]1CC[C@H](CCS(C)(=O)=O)CC1. The first-order chi connectivity index (χ1) is 6.51. The first-order valence-electron chi connectivity index (χ1n) is 5.36. The van der Waals surface area contributed by atoms with Crippen LogP contribution in [-0.2, 0) is 9.84 Å². The molecule has 3 nitrogen and oxygen atoms in total.